The molecule has 0 unspecified atom stereocenters. The van der Waals surface area contributed by atoms with E-state index in [1.807, 2.05) is 19.1 Å². The number of hydrogen-bond acceptors (Lipinski definition) is 5. The molecule has 122 valence electrons. The lowest BCUT2D eigenvalue weighted by Gasteiger charge is -2.06. The summed E-state index contributed by atoms with van der Waals surface area (Å²) >= 11 is 0. The third kappa shape index (κ3) is 4.46. The highest BCUT2D eigenvalue weighted by atomic mass is 32.2. The molecule has 0 aliphatic carbocycles. The van der Waals surface area contributed by atoms with Crippen molar-refractivity contribution in [3.05, 3.63) is 54.1 Å². The first-order valence-electron chi connectivity index (χ1n) is 6.97. The largest absolute Gasteiger partial charge is 0.496 e. The van der Waals surface area contributed by atoms with Crippen molar-refractivity contribution in [1.82, 2.24) is 4.83 Å². The molecule has 0 saturated carbocycles. The molecule has 2 rings (SSSR count). The minimum absolute atomic E-state index is 0.109. The number of hydrazone groups is 1. The lowest BCUT2D eigenvalue weighted by molar-refractivity contribution is 0.340. The number of nitrogens with one attached hydrogen (secondary N) is 1. The quantitative estimate of drug-likeness (QED) is 0.623. The van der Waals surface area contributed by atoms with Gasteiger partial charge in [0.05, 0.1) is 24.8 Å². The Kier molecular flexibility index (Phi) is 5.59. The lowest BCUT2D eigenvalue weighted by Crippen LogP contribution is -2.18. The number of hydrogen-bond donors (Lipinski definition) is 1. The fraction of sp³-hybridized carbons (Fsp3) is 0.188. The number of benzene rings is 2. The van der Waals surface area contributed by atoms with Crippen molar-refractivity contribution in [3.8, 4) is 11.5 Å². The topological polar surface area (TPSA) is 77.0 Å². The Morgan fingerprint density at radius 3 is 2.48 bits per heavy atom. The van der Waals surface area contributed by atoms with E-state index in [2.05, 4.69) is 9.93 Å². The highest BCUT2D eigenvalue weighted by Gasteiger charge is 2.12. The predicted molar refractivity (Wildman–Crippen MR) is 88.5 cm³/mol. The summed E-state index contributed by atoms with van der Waals surface area (Å²) in [5.41, 5.74) is 0.671. The van der Waals surface area contributed by atoms with Crippen molar-refractivity contribution in [2.75, 3.05) is 13.7 Å². The SMILES string of the molecule is CCOc1ccc(S(=O)(=O)N/N=C\c2ccccc2OC)cc1. The number of para-hydroxylation sites is 1. The molecular formula is C16H18N2O4S. The second kappa shape index (κ2) is 7.64. The lowest BCUT2D eigenvalue weighted by atomic mass is 10.2. The first-order valence-corrected chi connectivity index (χ1v) is 8.46. The monoisotopic (exact) mass is 334 g/mol. The van der Waals surface area contributed by atoms with Gasteiger partial charge in [-0.1, -0.05) is 12.1 Å². The third-order valence-corrected chi connectivity index (χ3v) is 4.20. The van der Waals surface area contributed by atoms with Crippen molar-refractivity contribution >= 4 is 16.2 Å². The van der Waals surface area contributed by atoms with Gasteiger partial charge in [0.1, 0.15) is 11.5 Å². The zero-order valence-corrected chi connectivity index (χ0v) is 13.7. The van der Waals surface area contributed by atoms with E-state index in [-0.39, 0.29) is 4.90 Å². The summed E-state index contributed by atoms with van der Waals surface area (Å²) in [4.78, 5) is 2.28. The Bertz CT molecular complexity index is 771. The third-order valence-electron chi connectivity index (χ3n) is 2.96. The molecule has 0 atom stereocenters. The summed E-state index contributed by atoms with van der Waals surface area (Å²) in [5.74, 6) is 1.22. The Hall–Kier alpha value is -2.54. The molecule has 2 aromatic rings. The number of methoxy groups -OCH3 is 1. The molecule has 0 aromatic heterocycles. The van der Waals surface area contributed by atoms with Crippen LogP contribution in [0.2, 0.25) is 0 Å². The first kappa shape index (κ1) is 16.8. The van der Waals surface area contributed by atoms with Crippen LogP contribution in [0.25, 0.3) is 0 Å². The van der Waals surface area contributed by atoms with E-state index in [1.165, 1.54) is 25.5 Å². The summed E-state index contributed by atoms with van der Waals surface area (Å²) in [5, 5.41) is 3.78. The van der Waals surface area contributed by atoms with E-state index in [0.717, 1.165) is 0 Å². The van der Waals surface area contributed by atoms with Crippen LogP contribution in [0.15, 0.2) is 58.5 Å². The smallest absolute Gasteiger partial charge is 0.276 e. The zero-order chi connectivity index (χ0) is 16.7. The van der Waals surface area contributed by atoms with Crippen molar-refractivity contribution in [2.24, 2.45) is 5.10 Å². The minimum Gasteiger partial charge on any atom is -0.496 e. The number of nitrogens with zero attached hydrogens (tertiary/aromatic N) is 1. The van der Waals surface area contributed by atoms with Gasteiger partial charge >= 0.3 is 0 Å². The van der Waals surface area contributed by atoms with Crippen molar-refractivity contribution in [1.29, 1.82) is 0 Å². The van der Waals surface area contributed by atoms with Crippen LogP contribution < -0.4 is 14.3 Å². The maximum Gasteiger partial charge on any atom is 0.276 e. The van der Waals surface area contributed by atoms with Gasteiger partial charge in [-0.2, -0.15) is 13.5 Å². The van der Waals surface area contributed by atoms with E-state index in [4.69, 9.17) is 9.47 Å². The second-order valence-corrected chi connectivity index (χ2v) is 6.16. The molecule has 23 heavy (non-hydrogen) atoms. The molecule has 0 bridgehead atoms. The molecule has 0 saturated heterocycles. The molecule has 0 heterocycles. The van der Waals surface area contributed by atoms with Crippen molar-refractivity contribution < 1.29 is 17.9 Å². The Morgan fingerprint density at radius 2 is 1.83 bits per heavy atom. The van der Waals surface area contributed by atoms with Gasteiger partial charge in [-0.25, -0.2) is 4.83 Å². The van der Waals surface area contributed by atoms with Crippen LogP contribution in [0.4, 0.5) is 0 Å². The van der Waals surface area contributed by atoms with Gasteiger partial charge in [0.15, 0.2) is 0 Å². The van der Waals surface area contributed by atoms with Gasteiger partial charge in [0.25, 0.3) is 10.0 Å². The molecule has 2 aromatic carbocycles. The molecule has 0 spiro atoms. The Morgan fingerprint density at radius 1 is 1.13 bits per heavy atom. The van der Waals surface area contributed by atoms with Crippen LogP contribution in [0, 0.1) is 0 Å². The van der Waals surface area contributed by atoms with E-state index >= 15 is 0 Å². The number of ether oxygens (including phenoxy) is 2. The maximum atomic E-state index is 12.1. The van der Waals surface area contributed by atoms with Gasteiger partial charge in [-0.3, -0.25) is 0 Å². The summed E-state index contributed by atoms with van der Waals surface area (Å²) in [6, 6.07) is 13.3. The van der Waals surface area contributed by atoms with E-state index in [9.17, 15) is 8.42 Å². The van der Waals surface area contributed by atoms with E-state index in [1.54, 1.807) is 24.3 Å². The fourth-order valence-electron chi connectivity index (χ4n) is 1.87. The summed E-state index contributed by atoms with van der Waals surface area (Å²) in [6.07, 6.45) is 1.39. The second-order valence-electron chi connectivity index (χ2n) is 4.50. The van der Waals surface area contributed by atoms with Crippen LogP contribution in [0.1, 0.15) is 12.5 Å². The summed E-state index contributed by atoms with van der Waals surface area (Å²) in [6.45, 7) is 2.38. The van der Waals surface area contributed by atoms with E-state index in [0.29, 0.717) is 23.7 Å². The van der Waals surface area contributed by atoms with Gasteiger partial charge in [-0.15, -0.1) is 0 Å². The molecule has 0 aliphatic rings. The predicted octanol–water partition coefficient (Wildman–Crippen LogP) is 2.41. The van der Waals surface area contributed by atoms with Gasteiger partial charge in [0.2, 0.25) is 0 Å². The maximum absolute atomic E-state index is 12.1. The highest BCUT2D eigenvalue weighted by Crippen LogP contribution is 2.16. The molecule has 0 fully saturated rings. The Labute approximate surface area is 135 Å². The average molecular weight is 334 g/mol. The van der Waals surface area contributed by atoms with Gasteiger partial charge in [0, 0.05) is 5.56 Å². The Balaban J connectivity index is 2.10. The minimum atomic E-state index is -3.73. The van der Waals surface area contributed by atoms with Crippen LogP contribution in [0.3, 0.4) is 0 Å². The number of rotatable bonds is 7. The van der Waals surface area contributed by atoms with Crippen LogP contribution in [0.5, 0.6) is 11.5 Å². The van der Waals surface area contributed by atoms with Crippen molar-refractivity contribution in [3.63, 3.8) is 0 Å². The normalized spacial score (nSPS) is 11.4. The summed E-state index contributed by atoms with van der Waals surface area (Å²) < 4.78 is 34.7. The number of sulfonamides is 1. The van der Waals surface area contributed by atoms with Gasteiger partial charge in [-0.05, 0) is 43.3 Å². The first-order chi connectivity index (χ1) is 11.1. The molecule has 0 aliphatic heterocycles. The van der Waals surface area contributed by atoms with Gasteiger partial charge < -0.3 is 9.47 Å². The molecular weight excluding hydrogens is 316 g/mol. The molecule has 6 nitrogen and oxygen atoms in total. The molecule has 0 amide bonds. The molecule has 1 N–H and O–H groups in total. The van der Waals surface area contributed by atoms with Crippen LogP contribution in [-0.4, -0.2) is 28.3 Å². The van der Waals surface area contributed by atoms with Crippen LogP contribution in [-0.2, 0) is 10.0 Å². The van der Waals surface area contributed by atoms with Crippen molar-refractivity contribution in [2.45, 2.75) is 11.8 Å². The highest BCUT2D eigenvalue weighted by molar-refractivity contribution is 7.89. The summed E-state index contributed by atoms with van der Waals surface area (Å²) in [7, 11) is -2.19. The fourth-order valence-corrected chi connectivity index (χ4v) is 2.66. The zero-order valence-electron chi connectivity index (χ0n) is 12.9. The standard InChI is InChI=1S/C16H18N2O4S/c1-3-22-14-8-10-15(11-9-14)23(19,20)18-17-12-13-6-4-5-7-16(13)21-2/h4-12,18H,3H2,1-2H3/b17-12-. The molecule has 7 heteroatoms. The van der Waals surface area contributed by atoms with Crippen LogP contribution >= 0.6 is 0 Å². The van der Waals surface area contributed by atoms with E-state index < -0.39 is 10.0 Å². The molecule has 0 radical (unpaired) electrons. The average Bonchev–Trinajstić information content (AvgIpc) is 2.56.